The molecule has 2 heteroatoms. The summed E-state index contributed by atoms with van der Waals surface area (Å²) in [6.45, 7) is 6.62. The topological polar surface area (TPSA) is 3.88 Å². The number of hydrogen-bond donors (Lipinski definition) is 0. The average molecular weight is 329 g/mol. The molecule has 2 aromatic rings. The van der Waals surface area contributed by atoms with Crippen LogP contribution in [0.15, 0.2) is 30.5 Å². The Bertz CT molecular complexity index is 651. The molecule has 0 aliphatic rings. The van der Waals surface area contributed by atoms with Gasteiger partial charge in [-0.15, -0.1) is 0 Å². The van der Waals surface area contributed by atoms with Gasteiger partial charge in [0, 0.05) is 0 Å². The number of benzene rings is 1. The summed E-state index contributed by atoms with van der Waals surface area (Å²) in [6, 6.07) is 9.07. The standard InChI is InChI=1S/C18H26GeN/c1-13-8-9-14(2)16(10-13)18-11-15(3)17(12-20(18)7)19(4,5)6/h8-12H,1-7H3/q+1. The summed E-state index contributed by atoms with van der Waals surface area (Å²) in [6.07, 6.45) is 2.37. The van der Waals surface area contributed by atoms with Gasteiger partial charge in [0.1, 0.15) is 0 Å². The van der Waals surface area contributed by atoms with E-state index in [-0.39, 0.29) is 0 Å². The Morgan fingerprint density at radius 2 is 1.55 bits per heavy atom. The van der Waals surface area contributed by atoms with Crippen molar-refractivity contribution in [3.63, 3.8) is 0 Å². The maximum absolute atomic E-state index is 2.46. The van der Waals surface area contributed by atoms with Crippen LogP contribution in [0.5, 0.6) is 0 Å². The summed E-state index contributed by atoms with van der Waals surface area (Å²) in [7, 11) is 2.17. The van der Waals surface area contributed by atoms with Crippen LogP contribution in [0, 0.1) is 20.8 Å². The van der Waals surface area contributed by atoms with E-state index < -0.39 is 13.3 Å². The van der Waals surface area contributed by atoms with Gasteiger partial charge in [0.25, 0.3) is 0 Å². The monoisotopic (exact) mass is 330 g/mol. The third kappa shape index (κ3) is 2.98. The van der Waals surface area contributed by atoms with Crippen molar-refractivity contribution >= 4 is 17.7 Å². The molecule has 0 aliphatic heterocycles. The van der Waals surface area contributed by atoms with Crippen LogP contribution < -0.4 is 8.96 Å². The first-order valence-corrected chi connectivity index (χ1v) is 14.6. The van der Waals surface area contributed by atoms with Gasteiger partial charge in [0.2, 0.25) is 0 Å². The Labute approximate surface area is 126 Å². The molecule has 0 N–H and O–H groups in total. The van der Waals surface area contributed by atoms with Crippen molar-refractivity contribution in [1.82, 2.24) is 0 Å². The molecule has 1 heterocycles. The Kier molecular flexibility index (Phi) is 4.10. The van der Waals surface area contributed by atoms with Crippen LogP contribution in [0.2, 0.25) is 17.3 Å². The van der Waals surface area contributed by atoms with Crippen molar-refractivity contribution < 1.29 is 4.57 Å². The third-order valence-corrected chi connectivity index (χ3v) is 8.45. The predicted octanol–water partition coefficient (Wildman–Crippen LogP) is 3.65. The van der Waals surface area contributed by atoms with E-state index in [1.807, 2.05) is 0 Å². The van der Waals surface area contributed by atoms with E-state index in [0.29, 0.717) is 0 Å². The first kappa shape index (κ1) is 15.3. The van der Waals surface area contributed by atoms with E-state index >= 15 is 0 Å². The third-order valence-electron chi connectivity index (χ3n) is 3.96. The van der Waals surface area contributed by atoms with Crippen LogP contribution in [0.4, 0.5) is 0 Å². The molecule has 106 valence electrons. The van der Waals surface area contributed by atoms with Crippen LogP contribution in [-0.2, 0) is 7.05 Å². The van der Waals surface area contributed by atoms with Crippen molar-refractivity contribution in [3.8, 4) is 11.3 Å². The van der Waals surface area contributed by atoms with Gasteiger partial charge in [-0.2, -0.15) is 0 Å². The quantitative estimate of drug-likeness (QED) is 0.585. The average Bonchev–Trinajstić information content (AvgIpc) is 2.33. The Hall–Kier alpha value is -1.09. The second-order valence-corrected chi connectivity index (χ2v) is 17.5. The zero-order valence-corrected chi connectivity index (χ0v) is 15.9. The van der Waals surface area contributed by atoms with E-state index in [0.717, 1.165) is 0 Å². The minimum absolute atomic E-state index is 1.32. The SMILES string of the molecule is Cc1ccc(C)c(-c2cc(C)[c]([Ge]([CH3])([CH3])[CH3])c[n+]2C)c1. The molecule has 0 fully saturated rings. The Morgan fingerprint density at radius 1 is 0.900 bits per heavy atom. The number of pyridine rings is 1. The summed E-state index contributed by atoms with van der Waals surface area (Å²) < 4.78 is 3.90. The fourth-order valence-electron chi connectivity index (χ4n) is 2.81. The number of aromatic nitrogens is 1. The molecule has 20 heavy (non-hydrogen) atoms. The van der Waals surface area contributed by atoms with E-state index in [9.17, 15) is 0 Å². The molecular formula is C18H26GeN+. The molecule has 0 aliphatic carbocycles. The zero-order chi connectivity index (χ0) is 15.1. The summed E-state index contributed by atoms with van der Waals surface area (Å²) in [5, 5.41) is 0. The molecule has 0 unspecified atom stereocenters. The van der Waals surface area contributed by atoms with Crippen LogP contribution in [0.3, 0.4) is 0 Å². The van der Waals surface area contributed by atoms with E-state index in [1.54, 1.807) is 4.40 Å². The van der Waals surface area contributed by atoms with E-state index in [2.05, 4.69) is 80.1 Å². The minimum atomic E-state index is -1.79. The Balaban J connectivity index is 2.65. The summed E-state index contributed by atoms with van der Waals surface area (Å²) in [5.74, 6) is 7.37. The first-order chi connectivity index (χ1) is 9.20. The van der Waals surface area contributed by atoms with Crippen molar-refractivity contribution in [2.45, 2.75) is 38.0 Å². The molecule has 0 saturated heterocycles. The van der Waals surface area contributed by atoms with Gasteiger partial charge in [-0.3, -0.25) is 0 Å². The molecule has 0 saturated carbocycles. The van der Waals surface area contributed by atoms with Crippen molar-refractivity contribution in [1.29, 1.82) is 0 Å². The first-order valence-electron chi connectivity index (χ1n) is 7.28. The number of nitrogens with zero attached hydrogens (tertiary/aromatic N) is 1. The molecule has 0 atom stereocenters. The molecule has 0 radical (unpaired) electrons. The van der Waals surface area contributed by atoms with E-state index in [4.69, 9.17) is 0 Å². The zero-order valence-electron chi connectivity index (χ0n) is 13.8. The van der Waals surface area contributed by atoms with Gasteiger partial charge >= 0.3 is 126 Å². The van der Waals surface area contributed by atoms with Gasteiger partial charge in [-0.25, -0.2) is 0 Å². The number of rotatable bonds is 2. The van der Waals surface area contributed by atoms with Gasteiger partial charge < -0.3 is 0 Å². The second-order valence-electron chi connectivity index (χ2n) is 6.93. The fraction of sp³-hybridized carbons (Fsp3) is 0.389. The number of hydrogen-bond acceptors (Lipinski definition) is 0. The van der Waals surface area contributed by atoms with Gasteiger partial charge in [-0.05, 0) is 0 Å². The molecule has 1 aromatic carbocycles. The van der Waals surface area contributed by atoms with Crippen LogP contribution in [0.25, 0.3) is 11.3 Å². The van der Waals surface area contributed by atoms with Crippen LogP contribution >= 0.6 is 0 Å². The molecular weight excluding hydrogens is 303 g/mol. The van der Waals surface area contributed by atoms with Gasteiger partial charge in [0.15, 0.2) is 0 Å². The molecule has 1 aromatic heterocycles. The van der Waals surface area contributed by atoms with Crippen molar-refractivity contribution in [2.75, 3.05) is 0 Å². The van der Waals surface area contributed by atoms with Crippen LogP contribution in [0.1, 0.15) is 16.7 Å². The fourth-order valence-corrected chi connectivity index (χ4v) is 6.67. The summed E-state index contributed by atoms with van der Waals surface area (Å²) in [5.41, 5.74) is 6.78. The van der Waals surface area contributed by atoms with Gasteiger partial charge in [0.05, 0.1) is 0 Å². The maximum atomic E-state index is 2.46. The molecule has 2 rings (SSSR count). The van der Waals surface area contributed by atoms with E-state index in [1.165, 1.54) is 27.9 Å². The summed E-state index contributed by atoms with van der Waals surface area (Å²) >= 11 is -1.79. The number of aryl methyl sites for hydroxylation is 4. The molecule has 0 spiro atoms. The van der Waals surface area contributed by atoms with Gasteiger partial charge in [-0.1, -0.05) is 0 Å². The van der Waals surface area contributed by atoms with Crippen LogP contribution in [-0.4, -0.2) is 13.3 Å². The molecule has 0 amide bonds. The molecule has 0 bridgehead atoms. The van der Waals surface area contributed by atoms with Crippen molar-refractivity contribution in [2.24, 2.45) is 7.05 Å². The second kappa shape index (κ2) is 5.36. The predicted molar refractivity (Wildman–Crippen MR) is 90.2 cm³/mol. The summed E-state index contributed by atoms with van der Waals surface area (Å²) in [4.78, 5) is 0. The molecule has 1 nitrogen and oxygen atoms in total. The normalized spacial score (nSPS) is 11.8. The Morgan fingerprint density at radius 3 is 2.15 bits per heavy atom. The van der Waals surface area contributed by atoms with Crippen molar-refractivity contribution in [3.05, 3.63) is 47.2 Å².